The zero-order valence-corrected chi connectivity index (χ0v) is 51.7. The van der Waals surface area contributed by atoms with E-state index in [2.05, 4.69) is 346 Å². The number of fused-ring (bicyclic) bond motifs is 3. The summed E-state index contributed by atoms with van der Waals surface area (Å²) in [5.74, 6) is 0. The summed E-state index contributed by atoms with van der Waals surface area (Å²) in [6, 6.07) is 127. The summed E-state index contributed by atoms with van der Waals surface area (Å²) < 4.78 is 0. The number of benzene rings is 13. The van der Waals surface area contributed by atoms with Gasteiger partial charge >= 0.3 is 20.1 Å². The van der Waals surface area contributed by atoms with Crippen LogP contribution in [0.1, 0.15) is 0 Å². The standard InChI is InChI=1S/C87H54N3.Ir/c1-4-22-58(23-5-1)79-55-85(88-82-37-19-16-34-76(79)82)64-46-40-61(41-47-64)70-28-10-13-31-73(70)67-52-68(74-32-14-11-29-71(74)62-42-48-65(49-43-62)86-56-80(59-24-6-2-7-25-59)77-35-17-20-38-83(77)89-86)54-69(53-67)75-33-15-12-30-72(75)63-44-50-66(51-45-63)87-57-81(60-26-8-3-9-27-60)78-36-18-21-39-84(78)90-87;/h1-46,48,50,52-57H;/q-3;+3. The SMILES string of the molecule is [Ir+3].[c-]1cc(-c2ccccc2-c2cc(-c3ccccc3-c3c[c-]c(-c4cc(-c5ccccc5)c5ccccc5n4)cc3)cc(-c3ccccc3-c3c[c-]c(-c4cc(-c5ccccc5)c5ccccc5n4)cc3)c2)ccc1-c1cc(-c2ccccc2)c2ccccc2n1. The van der Waals surface area contributed by atoms with Crippen LogP contribution < -0.4 is 0 Å². The minimum absolute atomic E-state index is 0. The Hall–Kier alpha value is -11.3. The van der Waals surface area contributed by atoms with Gasteiger partial charge in [0.05, 0.1) is 16.6 Å². The quantitative estimate of drug-likeness (QED) is 0.114. The van der Waals surface area contributed by atoms with E-state index in [9.17, 15) is 0 Å². The molecule has 0 aliphatic carbocycles. The van der Waals surface area contributed by atoms with E-state index in [1.165, 1.54) is 0 Å². The van der Waals surface area contributed by atoms with Crippen molar-refractivity contribution in [3.8, 4) is 134 Å². The van der Waals surface area contributed by atoms with Crippen LogP contribution in [0, 0.1) is 18.2 Å². The Morgan fingerprint density at radius 1 is 0.187 bits per heavy atom. The largest absolute Gasteiger partial charge is 3.00 e. The van der Waals surface area contributed by atoms with Crippen molar-refractivity contribution in [1.82, 2.24) is 15.0 Å². The van der Waals surface area contributed by atoms with Crippen molar-refractivity contribution in [2.75, 3.05) is 0 Å². The van der Waals surface area contributed by atoms with E-state index < -0.39 is 0 Å². The molecule has 0 fully saturated rings. The molecule has 0 unspecified atom stereocenters. The normalized spacial score (nSPS) is 11.2. The number of rotatable bonds is 12. The van der Waals surface area contributed by atoms with Gasteiger partial charge in [0, 0.05) is 16.2 Å². The molecule has 91 heavy (non-hydrogen) atoms. The van der Waals surface area contributed by atoms with Crippen LogP contribution >= 0.6 is 0 Å². The van der Waals surface area contributed by atoms with Crippen LogP contribution in [-0.2, 0) is 20.1 Å². The van der Waals surface area contributed by atoms with Gasteiger partial charge in [-0.15, -0.1) is 89.5 Å². The van der Waals surface area contributed by atoms with Crippen molar-refractivity contribution < 1.29 is 20.1 Å². The summed E-state index contributed by atoms with van der Waals surface area (Å²) in [7, 11) is 0. The topological polar surface area (TPSA) is 38.7 Å². The molecule has 4 heteroatoms. The zero-order valence-electron chi connectivity index (χ0n) is 49.4. The van der Waals surface area contributed by atoms with E-state index >= 15 is 0 Å². The van der Waals surface area contributed by atoms with Crippen molar-refractivity contribution in [2.24, 2.45) is 0 Å². The summed E-state index contributed by atoms with van der Waals surface area (Å²) in [5.41, 5.74) is 28.3. The average Bonchev–Trinajstić information content (AvgIpc) is 1.93. The van der Waals surface area contributed by atoms with Crippen LogP contribution in [0.15, 0.2) is 328 Å². The van der Waals surface area contributed by atoms with Gasteiger partial charge in [0.1, 0.15) is 0 Å². The molecule has 16 aromatic rings. The molecule has 13 aromatic carbocycles. The number of pyridine rings is 3. The molecule has 0 atom stereocenters. The van der Waals surface area contributed by atoms with Crippen LogP contribution in [0.5, 0.6) is 0 Å². The Morgan fingerprint density at radius 3 is 0.692 bits per heavy atom. The van der Waals surface area contributed by atoms with Crippen LogP contribution in [0.3, 0.4) is 0 Å². The number of aromatic nitrogens is 3. The van der Waals surface area contributed by atoms with E-state index in [1.54, 1.807) is 0 Å². The Balaban J connectivity index is 0.00000689. The first-order valence-electron chi connectivity index (χ1n) is 30.5. The van der Waals surface area contributed by atoms with Crippen LogP contribution in [0.4, 0.5) is 0 Å². The summed E-state index contributed by atoms with van der Waals surface area (Å²) in [4.78, 5) is 15.5. The number of hydrogen-bond acceptors (Lipinski definition) is 3. The third kappa shape index (κ3) is 11.1. The molecule has 3 aromatic heterocycles. The minimum Gasteiger partial charge on any atom is -0.296 e. The second-order valence-electron chi connectivity index (χ2n) is 22.7. The van der Waals surface area contributed by atoms with Gasteiger partial charge in [-0.2, -0.15) is 0 Å². The van der Waals surface area contributed by atoms with Gasteiger partial charge in [0.25, 0.3) is 0 Å². The van der Waals surface area contributed by atoms with Crippen LogP contribution in [0.2, 0.25) is 0 Å². The minimum atomic E-state index is 0. The van der Waals surface area contributed by atoms with Gasteiger partial charge in [0.2, 0.25) is 0 Å². The Morgan fingerprint density at radius 2 is 0.429 bits per heavy atom. The molecule has 0 radical (unpaired) electrons. The maximum atomic E-state index is 5.18. The molecule has 3 heterocycles. The molecular formula is C87H54IrN3. The fourth-order valence-corrected chi connectivity index (χ4v) is 12.8. The molecular weight excluding hydrogens is 1280 g/mol. The molecule has 426 valence electrons. The summed E-state index contributed by atoms with van der Waals surface area (Å²) in [6.45, 7) is 0. The predicted molar refractivity (Wildman–Crippen MR) is 374 cm³/mol. The number of hydrogen-bond donors (Lipinski definition) is 0. The first-order valence-corrected chi connectivity index (χ1v) is 30.5. The van der Waals surface area contributed by atoms with E-state index in [4.69, 9.17) is 15.0 Å². The summed E-state index contributed by atoms with van der Waals surface area (Å²) >= 11 is 0. The molecule has 0 amide bonds. The first-order chi connectivity index (χ1) is 44.6. The van der Waals surface area contributed by atoms with Crippen molar-refractivity contribution in [2.45, 2.75) is 0 Å². The zero-order chi connectivity index (χ0) is 59.7. The van der Waals surface area contributed by atoms with Crippen molar-refractivity contribution in [3.63, 3.8) is 0 Å². The fourth-order valence-electron chi connectivity index (χ4n) is 12.8. The predicted octanol–water partition coefficient (Wildman–Crippen LogP) is 22.7. The third-order valence-electron chi connectivity index (χ3n) is 17.2. The average molecular weight is 1330 g/mol. The Bertz CT molecular complexity index is 4770. The van der Waals surface area contributed by atoms with E-state index in [0.29, 0.717) is 0 Å². The maximum Gasteiger partial charge on any atom is 3.00 e. The summed E-state index contributed by atoms with van der Waals surface area (Å²) in [6.07, 6.45) is 0. The maximum absolute atomic E-state index is 5.18. The molecule has 0 aliphatic rings. The molecule has 0 spiro atoms. The van der Waals surface area contributed by atoms with Gasteiger partial charge in [0.15, 0.2) is 0 Å². The second kappa shape index (κ2) is 24.7. The molecule has 3 nitrogen and oxygen atoms in total. The van der Waals surface area contributed by atoms with Gasteiger partial charge < -0.3 is 0 Å². The number of para-hydroxylation sites is 3. The van der Waals surface area contributed by atoms with E-state index in [0.717, 1.165) is 167 Å². The Kier molecular flexibility index (Phi) is 15.3. The monoisotopic (exact) mass is 1330 g/mol. The van der Waals surface area contributed by atoms with Crippen LogP contribution in [-0.4, -0.2) is 15.0 Å². The van der Waals surface area contributed by atoms with Gasteiger partial charge in [-0.1, -0.05) is 270 Å². The molecule has 0 N–H and O–H groups in total. The van der Waals surface area contributed by atoms with Crippen LogP contribution in [0.25, 0.3) is 167 Å². The van der Waals surface area contributed by atoms with Crippen molar-refractivity contribution in [3.05, 3.63) is 346 Å². The molecule has 0 saturated carbocycles. The molecule has 0 aliphatic heterocycles. The van der Waals surface area contributed by atoms with Gasteiger partial charge in [-0.3, -0.25) is 15.0 Å². The van der Waals surface area contributed by atoms with E-state index in [1.807, 2.05) is 0 Å². The van der Waals surface area contributed by atoms with Crippen molar-refractivity contribution >= 4 is 32.7 Å². The third-order valence-corrected chi connectivity index (χ3v) is 17.2. The van der Waals surface area contributed by atoms with Crippen molar-refractivity contribution in [1.29, 1.82) is 0 Å². The van der Waals surface area contributed by atoms with Gasteiger partial charge in [-0.25, -0.2) is 0 Å². The molecule has 0 saturated heterocycles. The first kappa shape index (κ1) is 56.3. The molecule has 16 rings (SSSR count). The van der Waals surface area contributed by atoms with E-state index in [-0.39, 0.29) is 20.1 Å². The smallest absolute Gasteiger partial charge is 0.296 e. The Labute approximate surface area is 543 Å². The second-order valence-corrected chi connectivity index (χ2v) is 22.7. The molecule has 0 bridgehead atoms. The summed E-state index contributed by atoms with van der Waals surface area (Å²) in [5, 5.41) is 3.37. The number of nitrogens with zero attached hydrogens (tertiary/aromatic N) is 3. The van der Waals surface area contributed by atoms with Gasteiger partial charge in [-0.05, 0) is 120 Å². The fraction of sp³-hybridized carbons (Fsp3) is 0.